The zero-order chi connectivity index (χ0) is 15.6. The van der Waals surface area contributed by atoms with Gasteiger partial charge in [-0.25, -0.2) is 0 Å². The van der Waals surface area contributed by atoms with Gasteiger partial charge in [0.15, 0.2) is 0 Å². The van der Waals surface area contributed by atoms with Crippen molar-refractivity contribution in [2.75, 3.05) is 6.61 Å². The minimum atomic E-state index is 0.701. The Morgan fingerprint density at radius 3 is 2.50 bits per heavy atom. The van der Waals surface area contributed by atoms with Crippen molar-refractivity contribution in [2.45, 2.75) is 58.0 Å². The summed E-state index contributed by atoms with van der Waals surface area (Å²) in [4.78, 5) is 0. The molecule has 1 aromatic carbocycles. The standard InChI is InChI=1S/C21H30O/c1-3-5-7-18-8-12-20(13-9-18)21-14-10-19(11-15-21)17-22-16-6-4-2/h3-4,6,10-11,14-15,18,20H,1,5,7-9,12-13,16-17H2,2H3/b6-4+/t18-,20-. The lowest BCUT2D eigenvalue weighted by atomic mass is 9.77. The van der Waals surface area contributed by atoms with E-state index in [1.165, 1.54) is 49.7 Å². The van der Waals surface area contributed by atoms with E-state index in [0.29, 0.717) is 13.2 Å². The van der Waals surface area contributed by atoms with Gasteiger partial charge in [0, 0.05) is 0 Å². The fraction of sp³-hybridized carbons (Fsp3) is 0.524. The Labute approximate surface area is 136 Å². The molecule has 1 heteroatoms. The summed E-state index contributed by atoms with van der Waals surface area (Å²) in [6, 6.07) is 9.08. The zero-order valence-corrected chi connectivity index (χ0v) is 14.0. The molecule has 1 nitrogen and oxygen atoms in total. The highest BCUT2D eigenvalue weighted by atomic mass is 16.5. The van der Waals surface area contributed by atoms with Crippen LogP contribution in [0.25, 0.3) is 0 Å². The van der Waals surface area contributed by atoms with E-state index in [1.54, 1.807) is 0 Å². The first kappa shape index (κ1) is 17.0. The third-order valence-corrected chi connectivity index (χ3v) is 4.80. The number of ether oxygens (including phenoxy) is 1. The van der Waals surface area contributed by atoms with Crippen LogP contribution in [0.15, 0.2) is 49.1 Å². The third kappa shape index (κ3) is 5.46. The molecule has 1 aliphatic rings. The maximum atomic E-state index is 5.60. The summed E-state index contributed by atoms with van der Waals surface area (Å²) in [6.07, 6.45) is 14.1. The summed E-state index contributed by atoms with van der Waals surface area (Å²) in [5.41, 5.74) is 2.78. The van der Waals surface area contributed by atoms with Crippen molar-refractivity contribution < 1.29 is 4.74 Å². The minimum absolute atomic E-state index is 0.701. The van der Waals surface area contributed by atoms with E-state index < -0.39 is 0 Å². The van der Waals surface area contributed by atoms with Crippen LogP contribution in [0.4, 0.5) is 0 Å². The van der Waals surface area contributed by atoms with Crippen LogP contribution in [-0.4, -0.2) is 6.61 Å². The third-order valence-electron chi connectivity index (χ3n) is 4.80. The molecule has 22 heavy (non-hydrogen) atoms. The Bertz CT molecular complexity index is 449. The van der Waals surface area contributed by atoms with Gasteiger partial charge in [0.1, 0.15) is 0 Å². The van der Waals surface area contributed by atoms with Crippen molar-refractivity contribution in [1.29, 1.82) is 0 Å². The molecular weight excluding hydrogens is 268 g/mol. The van der Waals surface area contributed by atoms with Crippen molar-refractivity contribution >= 4 is 0 Å². The molecule has 0 bridgehead atoms. The summed E-state index contributed by atoms with van der Waals surface area (Å²) in [7, 11) is 0. The van der Waals surface area contributed by atoms with Gasteiger partial charge in [0.25, 0.3) is 0 Å². The molecule has 0 aromatic heterocycles. The summed E-state index contributed by atoms with van der Waals surface area (Å²) < 4.78 is 5.60. The van der Waals surface area contributed by atoms with E-state index in [-0.39, 0.29) is 0 Å². The van der Waals surface area contributed by atoms with Crippen LogP contribution >= 0.6 is 0 Å². The Balaban J connectivity index is 1.77. The molecule has 0 spiro atoms. The topological polar surface area (TPSA) is 9.23 Å². The molecule has 0 heterocycles. The molecule has 0 unspecified atom stereocenters. The van der Waals surface area contributed by atoms with Gasteiger partial charge in [0.2, 0.25) is 0 Å². The van der Waals surface area contributed by atoms with Gasteiger partial charge in [0.05, 0.1) is 13.2 Å². The van der Waals surface area contributed by atoms with Gasteiger partial charge in [-0.3, -0.25) is 0 Å². The average molecular weight is 298 g/mol. The van der Waals surface area contributed by atoms with Gasteiger partial charge >= 0.3 is 0 Å². The second-order valence-electron chi connectivity index (χ2n) is 6.41. The van der Waals surface area contributed by atoms with E-state index in [0.717, 1.165) is 11.8 Å². The van der Waals surface area contributed by atoms with Crippen LogP contribution in [0.3, 0.4) is 0 Å². The molecule has 120 valence electrons. The smallest absolute Gasteiger partial charge is 0.0721 e. The number of benzene rings is 1. The van der Waals surface area contributed by atoms with E-state index in [4.69, 9.17) is 4.74 Å². The second kappa shape index (κ2) is 9.63. The van der Waals surface area contributed by atoms with Crippen molar-refractivity contribution in [3.63, 3.8) is 0 Å². The SMILES string of the molecule is C=CCC[C@H]1CC[C@H](c2ccc(COC/C=C/C)cc2)CC1. The quantitative estimate of drug-likeness (QED) is 0.421. The van der Waals surface area contributed by atoms with Crippen LogP contribution in [0.5, 0.6) is 0 Å². The highest BCUT2D eigenvalue weighted by molar-refractivity contribution is 5.25. The average Bonchev–Trinajstić information content (AvgIpc) is 2.58. The van der Waals surface area contributed by atoms with Crippen molar-refractivity contribution in [3.8, 4) is 0 Å². The van der Waals surface area contributed by atoms with Crippen LogP contribution in [0, 0.1) is 5.92 Å². The van der Waals surface area contributed by atoms with Gasteiger partial charge in [-0.2, -0.15) is 0 Å². The number of hydrogen-bond acceptors (Lipinski definition) is 1. The van der Waals surface area contributed by atoms with Crippen LogP contribution in [0.1, 0.15) is 62.5 Å². The molecule has 0 N–H and O–H groups in total. The molecule has 0 atom stereocenters. The van der Waals surface area contributed by atoms with E-state index in [1.807, 2.05) is 19.1 Å². The summed E-state index contributed by atoms with van der Waals surface area (Å²) in [5, 5.41) is 0. The van der Waals surface area contributed by atoms with Crippen LogP contribution in [-0.2, 0) is 11.3 Å². The molecule has 1 aliphatic carbocycles. The lowest BCUT2D eigenvalue weighted by Crippen LogP contribution is -2.13. The molecule has 0 amide bonds. The van der Waals surface area contributed by atoms with Crippen LogP contribution < -0.4 is 0 Å². The van der Waals surface area contributed by atoms with Gasteiger partial charge in [-0.05, 0) is 68.4 Å². The summed E-state index contributed by atoms with van der Waals surface area (Å²) >= 11 is 0. The maximum Gasteiger partial charge on any atom is 0.0721 e. The van der Waals surface area contributed by atoms with E-state index >= 15 is 0 Å². The van der Waals surface area contributed by atoms with Crippen molar-refractivity contribution in [1.82, 2.24) is 0 Å². The number of rotatable bonds is 8. The predicted octanol–water partition coefficient (Wildman–Crippen LogP) is 6.02. The van der Waals surface area contributed by atoms with Gasteiger partial charge in [-0.1, -0.05) is 42.5 Å². The molecule has 2 rings (SSSR count). The molecule has 1 fully saturated rings. The molecule has 0 aliphatic heterocycles. The van der Waals surface area contributed by atoms with E-state index in [2.05, 4.69) is 36.9 Å². The fourth-order valence-corrected chi connectivity index (χ4v) is 3.37. The Hall–Kier alpha value is -1.34. The largest absolute Gasteiger partial charge is 0.373 e. The molecule has 1 saturated carbocycles. The highest BCUT2D eigenvalue weighted by Crippen LogP contribution is 2.37. The molecule has 0 radical (unpaired) electrons. The molecule has 1 aromatic rings. The van der Waals surface area contributed by atoms with Crippen LogP contribution in [0.2, 0.25) is 0 Å². The lowest BCUT2D eigenvalue weighted by molar-refractivity contribution is 0.148. The Morgan fingerprint density at radius 1 is 1.14 bits per heavy atom. The highest BCUT2D eigenvalue weighted by Gasteiger charge is 2.21. The molecular formula is C21H30O. The first-order valence-corrected chi connectivity index (χ1v) is 8.72. The maximum absolute atomic E-state index is 5.60. The van der Waals surface area contributed by atoms with E-state index in [9.17, 15) is 0 Å². The first-order valence-electron chi connectivity index (χ1n) is 8.72. The molecule has 0 saturated heterocycles. The number of allylic oxidation sites excluding steroid dienone is 2. The first-order chi connectivity index (χ1) is 10.8. The summed E-state index contributed by atoms with van der Waals surface area (Å²) in [6.45, 7) is 7.26. The normalized spacial score (nSPS) is 22.0. The fourth-order valence-electron chi connectivity index (χ4n) is 3.37. The lowest BCUT2D eigenvalue weighted by Gasteiger charge is -2.28. The monoisotopic (exact) mass is 298 g/mol. The van der Waals surface area contributed by atoms with Gasteiger partial charge in [-0.15, -0.1) is 6.58 Å². The second-order valence-corrected chi connectivity index (χ2v) is 6.41. The minimum Gasteiger partial charge on any atom is -0.373 e. The van der Waals surface area contributed by atoms with Gasteiger partial charge < -0.3 is 4.74 Å². The Kier molecular flexibility index (Phi) is 7.45. The predicted molar refractivity (Wildman–Crippen MR) is 95.0 cm³/mol. The van der Waals surface area contributed by atoms with Crippen molar-refractivity contribution in [3.05, 3.63) is 60.2 Å². The summed E-state index contributed by atoms with van der Waals surface area (Å²) in [5.74, 6) is 1.69. The Morgan fingerprint density at radius 2 is 1.86 bits per heavy atom. The van der Waals surface area contributed by atoms with Crippen molar-refractivity contribution in [2.24, 2.45) is 5.92 Å². The zero-order valence-electron chi connectivity index (χ0n) is 14.0. The number of hydrogen-bond donors (Lipinski definition) is 0.